The Morgan fingerprint density at radius 1 is 1.33 bits per heavy atom. The normalized spacial score (nSPS) is 16.7. The van der Waals surface area contributed by atoms with E-state index in [1.807, 2.05) is 51.1 Å². The van der Waals surface area contributed by atoms with Crippen LogP contribution in [0, 0.1) is 5.92 Å². The van der Waals surface area contributed by atoms with Gasteiger partial charge < -0.3 is 15.4 Å². The topological polar surface area (TPSA) is 63.2 Å². The zero-order valence-corrected chi connectivity index (χ0v) is 16.8. The maximum Gasteiger partial charge on any atom is 0.311 e. The summed E-state index contributed by atoms with van der Waals surface area (Å²) >= 11 is 6.49. The monoisotopic (exact) mass is 387 g/mol. The fourth-order valence-corrected chi connectivity index (χ4v) is 3.44. The van der Waals surface area contributed by atoms with Crippen LogP contribution in [0.1, 0.15) is 38.3 Å². The Morgan fingerprint density at radius 2 is 2.15 bits per heavy atom. The molecule has 1 atom stereocenters. The van der Waals surface area contributed by atoms with E-state index in [0.29, 0.717) is 13.1 Å². The molecule has 0 saturated carbocycles. The van der Waals surface area contributed by atoms with Crippen LogP contribution in [0.4, 0.5) is 11.5 Å². The van der Waals surface area contributed by atoms with Gasteiger partial charge in [0.05, 0.1) is 5.92 Å². The third kappa shape index (κ3) is 5.13. The number of nitrogens with zero attached hydrogens (tertiary/aromatic N) is 1. The van der Waals surface area contributed by atoms with E-state index in [2.05, 4.69) is 15.6 Å². The molecule has 2 N–H and O–H groups in total. The molecule has 1 unspecified atom stereocenters. The number of ether oxygens (including phenoxy) is 1. The number of rotatable bonds is 4. The number of hydrogen-bond donors (Lipinski definition) is 2. The summed E-state index contributed by atoms with van der Waals surface area (Å²) in [5.41, 5.74) is 2.74. The zero-order valence-electron chi connectivity index (χ0n) is 16.0. The number of nitrogens with one attached hydrogen (secondary N) is 2. The number of aromatic nitrogens is 1. The van der Waals surface area contributed by atoms with Crippen molar-refractivity contribution in [2.75, 3.05) is 17.2 Å². The standard InChI is InChI=1S/C21H26ClN3O2/c1-21(2,3)27-20(26)14-7-8-15-16(13-25-19-6-4-5-11-23-19)17(22)9-10-18(15)24-12-14/h4-6,9-11,14,24H,7-8,12-13H2,1-3H3,(H,23,25). The van der Waals surface area contributed by atoms with Gasteiger partial charge in [0.15, 0.2) is 0 Å². The van der Waals surface area contributed by atoms with Gasteiger partial charge in [-0.05, 0) is 69.0 Å². The molecule has 0 saturated heterocycles. The third-order valence-electron chi connectivity index (χ3n) is 4.51. The van der Waals surface area contributed by atoms with Gasteiger partial charge in [0, 0.05) is 30.0 Å². The summed E-state index contributed by atoms with van der Waals surface area (Å²) in [5, 5.41) is 7.44. The number of carbonyl (C=O) groups excluding carboxylic acids is 1. The molecule has 0 bridgehead atoms. The summed E-state index contributed by atoms with van der Waals surface area (Å²) in [6, 6.07) is 9.63. The number of esters is 1. The molecular weight excluding hydrogens is 362 g/mol. The Bertz CT molecular complexity index is 803. The van der Waals surface area contributed by atoms with Crippen LogP contribution in [0.5, 0.6) is 0 Å². The van der Waals surface area contributed by atoms with Gasteiger partial charge in [-0.1, -0.05) is 17.7 Å². The van der Waals surface area contributed by atoms with E-state index in [1.165, 1.54) is 0 Å². The van der Waals surface area contributed by atoms with E-state index in [1.54, 1.807) is 6.20 Å². The summed E-state index contributed by atoms with van der Waals surface area (Å²) in [6.07, 6.45) is 3.25. The summed E-state index contributed by atoms with van der Waals surface area (Å²) in [7, 11) is 0. The van der Waals surface area contributed by atoms with Gasteiger partial charge in [-0.25, -0.2) is 4.98 Å². The van der Waals surface area contributed by atoms with Gasteiger partial charge in [0.1, 0.15) is 11.4 Å². The lowest BCUT2D eigenvalue weighted by atomic mass is 9.97. The van der Waals surface area contributed by atoms with Crippen molar-refractivity contribution in [1.82, 2.24) is 4.98 Å². The summed E-state index contributed by atoms with van der Waals surface area (Å²) in [4.78, 5) is 16.8. The molecule has 0 aliphatic carbocycles. The first-order valence-electron chi connectivity index (χ1n) is 9.25. The minimum atomic E-state index is -0.475. The van der Waals surface area contributed by atoms with E-state index in [9.17, 15) is 4.79 Å². The number of halogens is 1. The largest absolute Gasteiger partial charge is 0.460 e. The van der Waals surface area contributed by atoms with Crippen molar-refractivity contribution in [1.29, 1.82) is 0 Å². The summed E-state index contributed by atoms with van der Waals surface area (Å²) in [5.74, 6) is 0.480. The molecule has 0 amide bonds. The van der Waals surface area contributed by atoms with Gasteiger partial charge in [-0.15, -0.1) is 0 Å². The van der Waals surface area contributed by atoms with E-state index < -0.39 is 5.60 Å². The zero-order chi connectivity index (χ0) is 19.4. The molecule has 1 aliphatic rings. The highest BCUT2D eigenvalue weighted by Gasteiger charge is 2.28. The second-order valence-corrected chi connectivity index (χ2v) is 8.18. The molecule has 1 aromatic heterocycles. The Morgan fingerprint density at radius 3 is 2.85 bits per heavy atom. The number of hydrogen-bond acceptors (Lipinski definition) is 5. The van der Waals surface area contributed by atoms with E-state index >= 15 is 0 Å². The predicted octanol–water partition coefficient (Wildman–Crippen LogP) is 4.66. The smallest absolute Gasteiger partial charge is 0.311 e. The SMILES string of the molecule is CC(C)(C)OC(=O)C1CCc2c(ccc(Cl)c2CNc2ccccn2)NC1. The average Bonchev–Trinajstić information content (AvgIpc) is 2.83. The van der Waals surface area contributed by atoms with Crippen molar-refractivity contribution in [2.45, 2.75) is 45.8 Å². The van der Waals surface area contributed by atoms with Crippen molar-refractivity contribution in [3.8, 4) is 0 Å². The molecule has 0 fully saturated rings. The highest BCUT2D eigenvalue weighted by atomic mass is 35.5. The minimum Gasteiger partial charge on any atom is -0.460 e. The first-order valence-corrected chi connectivity index (χ1v) is 9.63. The lowest BCUT2D eigenvalue weighted by Gasteiger charge is -2.23. The molecule has 1 aliphatic heterocycles. The van der Waals surface area contributed by atoms with Gasteiger partial charge in [-0.3, -0.25) is 4.79 Å². The predicted molar refractivity (Wildman–Crippen MR) is 109 cm³/mol. The number of carbonyl (C=O) groups is 1. The van der Waals surface area contributed by atoms with Gasteiger partial charge in [0.25, 0.3) is 0 Å². The number of benzene rings is 1. The molecule has 2 heterocycles. The lowest BCUT2D eigenvalue weighted by Crippen LogP contribution is -2.31. The van der Waals surface area contributed by atoms with E-state index in [0.717, 1.165) is 40.5 Å². The average molecular weight is 388 g/mol. The highest BCUT2D eigenvalue weighted by molar-refractivity contribution is 6.31. The quantitative estimate of drug-likeness (QED) is 0.747. The van der Waals surface area contributed by atoms with E-state index in [-0.39, 0.29) is 11.9 Å². The molecular formula is C21H26ClN3O2. The molecule has 0 radical (unpaired) electrons. The fraction of sp³-hybridized carbons (Fsp3) is 0.429. The molecule has 1 aromatic carbocycles. The van der Waals surface area contributed by atoms with Crippen molar-refractivity contribution in [3.63, 3.8) is 0 Å². The lowest BCUT2D eigenvalue weighted by molar-refractivity contribution is -0.159. The summed E-state index contributed by atoms with van der Waals surface area (Å²) in [6.45, 7) is 6.83. The van der Waals surface area contributed by atoms with Gasteiger partial charge in [0.2, 0.25) is 0 Å². The Labute approximate surface area is 165 Å². The van der Waals surface area contributed by atoms with Crippen LogP contribution in [-0.2, 0) is 22.5 Å². The molecule has 144 valence electrons. The maximum absolute atomic E-state index is 12.5. The van der Waals surface area contributed by atoms with Crippen LogP contribution in [0.25, 0.3) is 0 Å². The molecule has 27 heavy (non-hydrogen) atoms. The first kappa shape index (κ1) is 19.5. The molecule has 0 spiro atoms. The Hall–Kier alpha value is -2.27. The number of anilines is 2. The Kier molecular flexibility index (Phi) is 5.90. The third-order valence-corrected chi connectivity index (χ3v) is 4.86. The second kappa shape index (κ2) is 8.17. The van der Waals surface area contributed by atoms with Crippen LogP contribution in [0.3, 0.4) is 0 Å². The van der Waals surface area contributed by atoms with Crippen molar-refractivity contribution >= 4 is 29.1 Å². The van der Waals surface area contributed by atoms with Crippen molar-refractivity contribution in [3.05, 3.63) is 52.7 Å². The molecule has 5 nitrogen and oxygen atoms in total. The van der Waals surface area contributed by atoms with Crippen molar-refractivity contribution in [2.24, 2.45) is 5.92 Å². The van der Waals surface area contributed by atoms with Crippen LogP contribution in [-0.4, -0.2) is 23.1 Å². The molecule has 2 aromatic rings. The maximum atomic E-state index is 12.5. The molecule has 6 heteroatoms. The van der Waals surface area contributed by atoms with Crippen LogP contribution in [0.2, 0.25) is 5.02 Å². The Balaban J connectivity index is 1.75. The van der Waals surface area contributed by atoms with Gasteiger partial charge in [-0.2, -0.15) is 0 Å². The number of fused-ring (bicyclic) bond motifs is 1. The van der Waals surface area contributed by atoms with Crippen LogP contribution < -0.4 is 10.6 Å². The van der Waals surface area contributed by atoms with Gasteiger partial charge >= 0.3 is 5.97 Å². The number of pyridine rings is 1. The van der Waals surface area contributed by atoms with E-state index in [4.69, 9.17) is 16.3 Å². The fourth-order valence-electron chi connectivity index (χ4n) is 3.19. The van der Waals surface area contributed by atoms with Crippen LogP contribution >= 0.6 is 11.6 Å². The second-order valence-electron chi connectivity index (χ2n) is 7.77. The molecule has 3 rings (SSSR count). The summed E-state index contributed by atoms with van der Waals surface area (Å²) < 4.78 is 5.57. The first-order chi connectivity index (χ1) is 12.8. The minimum absolute atomic E-state index is 0.151. The highest BCUT2D eigenvalue weighted by Crippen LogP contribution is 2.32. The van der Waals surface area contributed by atoms with Crippen LogP contribution in [0.15, 0.2) is 36.5 Å². The van der Waals surface area contributed by atoms with Crippen molar-refractivity contribution < 1.29 is 9.53 Å².